The van der Waals surface area contributed by atoms with Gasteiger partial charge in [-0.25, -0.2) is 4.98 Å². The number of aryl methyl sites for hydroxylation is 1. The van der Waals surface area contributed by atoms with E-state index in [0.717, 1.165) is 31.2 Å². The SMILES string of the molecule is CCN(CCN)Cc1cnc(C)s1. The predicted octanol–water partition coefficient (Wildman–Crippen LogP) is 1.23. The molecule has 0 aliphatic carbocycles. The molecule has 74 valence electrons. The standard InChI is InChI=1S/C9H17N3S/c1-3-12(5-4-10)7-9-6-11-8(2)13-9/h6H,3-5,7,10H2,1-2H3. The van der Waals surface area contributed by atoms with Crippen LogP contribution in [-0.4, -0.2) is 29.5 Å². The molecule has 0 spiro atoms. The third-order valence-electron chi connectivity index (χ3n) is 1.94. The minimum Gasteiger partial charge on any atom is -0.329 e. The number of hydrogen-bond donors (Lipinski definition) is 1. The molecule has 13 heavy (non-hydrogen) atoms. The topological polar surface area (TPSA) is 42.1 Å². The average Bonchev–Trinajstić information content (AvgIpc) is 2.50. The second kappa shape index (κ2) is 5.32. The summed E-state index contributed by atoms with van der Waals surface area (Å²) in [6.07, 6.45) is 1.96. The fourth-order valence-corrected chi connectivity index (χ4v) is 2.07. The van der Waals surface area contributed by atoms with Gasteiger partial charge in [0.15, 0.2) is 0 Å². The van der Waals surface area contributed by atoms with Crippen molar-refractivity contribution >= 4 is 11.3 Å². The maximum atomic E-state index is 5.51. The number of thiazole rings is 1. The highest BCUT2D eigenvalue weighted by molar-refractivity contribution is 7.11. The molecule has 0 saturated carbocycles. The Hall–Kier alpha value is -0.450. The minimum atomic E-state index is 0.728. The first-order valence-corrected chi connectivity index (χ1v) is 5.41. The zero-order chi connectivity index (χ0) is 9.68. The summed E-state index contributed by atoms with van der Waals surface area (Å²) < 4.78 is 0. The molecule has 0 aromatic carbocycles. The molecule has 2 N–H and O–H groups in total. The van der Waals surface area contributed by atoms with Crippen LogP contribution in [0, 0.1) is 6.92 Å². The molecule has 0 saturated heterocycles. The van der Waals surface area contributed by atoms with Crippen LogP contribution in [0.25, 0.3) is 0 Å². The first-order valence-electron chi connectivity index (χ1n) is 4.60. The summed E-state index contributed by atoms with van der Waals surface area (Å²) in [6, 6.07) is 0. The molecule has 3 nitrogen and oxygen atoms in total. The Morgan fingerprint density at radius 1 is 1.62 bits per heavy atom. The van der Waals surface area contributed by atoms with Gasteiger partial charge in [-0.2, -0.15) is 0 Å². The van der Waals surface area contributed by atoms with E-state index in [1.165, 1.54) is 4.88 Å². The van der Waals surface area contributed by atoms with E-state index in [1.807, 2.05) is 13.1 Å². The molecular weight excluding hydrogens is 182 g/mol. The van der Waals surface area contributed by atoms with Crippen LogP contribution in [0.4, 0.5) is 0 Å². The molecule has 0 fully saturated rings. The van der Waals surface area contributed by atoms with E-state index in [9.17, 15) is 0 Å². The third kappa shape index (κ3) is 3.42. The summed E-state index contributed by atoms with van der Waals surface area (Å²) in [5, 5.41) is 1.14. The van der Waals surface area contributed by atoms with E-state index in [-0.39, 0.29) is 0 Å². The average molecular weight is 199 g/mol. The molecule has 1 aromatic heterocycles. The van der Waals surface area contributed by atoms with Gasteiger partial charge in [0, 0.05) is 30.7 Å². The first-order chi connectivity index (χ1) is 6.26. The first kappa shape index (κ1) is 10.6. The van der Waals surface area contributed by atoms with E-state index < -0.39 is 0 Å². The fraction of sp³-hybridized carbons (Fsp3) is 0.667. The lowest BCUT2D eigenvalue weighted by molar-refractivity contribution is 0.290. The lowest BCUT2D eigenvalue weighted by atomic mass is 10.4. The predicted molar refractivity (Wildman–Crippen MR) is 56.9 cm³/mol. The Labute approximate surface area is 83.6 Å². The van der Waals surface area contributed by atoms with Gasteiger partial charge in [-0.3, -0.25) is 4.90 Å². The molecule has 0 atom stereocenters. The molecule has 0 aliphatic rings. The molecular formula is C9H17N3S. The highest BCUT2D eigenvalue weighted by atomic mass is 32.1. The van der Waals surface area contributed by atoms with Crippen molar-refractivity contribution < 1.29 is 0 Å². The second-order valence-corrected chi connectivity index (χ2v) is 4.32. The van der Waals surface area contributed by atoms with Gasteiger partial charge in [0.1, 0.15) is 0 Å². The highest BCUT2D eigenvalue weighted by Gasteiger charge is 2.04. The Morgan fingerprint density at radius 3 is 2.85 bits per heavy atom. The molecule has 1 heterocycles. The van der Waals surface area contributed by atoms with Crippen LogP contribution in [0.2, 0.25) is 0 Å². The number of nitrogens with two attached hydrogens (primary N) is 1. The highest BCUT2D eigenvalue weighted by Crippen LogP contribution is 2.13. The number of hydrogen-bond acceptors (Lipinski definition) is 4. The summed E-state index contributed by atoms with van der Waals surface area (Å²) in [7, 11) is 0. The van der Waals surface area contributed by atoms with E-state index >= 15 is 0 Å². The summed E-state index contributed by atoms with van der Waals surface area (Å²) in [5.74, 6) is 0. The molecule has 1 aromatic rings. The van der Waals surface area contributed by atoms with Crippen molar-refractivity contribution in [3.8, 4) is 0 Å². The van der Waals surface area contributed by atoms with Crippen molar-refractivity contribution in [3.63, 3.8) is 0 Å². The maximum Gasteiger partial charge on any atom is 0.0897 e. The number of aromatic nitrogens is 1. The zero-order valence-corrected chi connectivity index (χ0v) is 9.10. The number of nitrogens with zero attached hydrogens (tertiary/aromatic N) is 2. The lowest BCUT2D eigenvalue weighted by Gasteiger charge is -2.17. The normalized spacial score (nSPS) is 11.1. The Bertz CT molecular complexity index is 247. The summed E-state index contributed by atoms with van der Waals surface area (Å²) >= 11 is 1.76. The quantitative estimate of drug-likeness (QED) is 0.775. The van der Waals surface area contributed by atoms with Gasteiger partial charge >= 0.3 is 0 Å². The second-order valence-electron chi connectivity index (χ2n) is 3.00. The molecule has 0 amide bonds. The van der Waals surface area contributed by atoms with Crippen LogP contribution >= 0.6 is 11.3 Å². The van der Waals surface area contributed by atoms with Gasteiger partial charge in [0.05, 0.1) is 5.01 Å². The van der Waals surface area contributed by atoms with Gasteiger partial charge in [-0.15, -0.1) is 11.3 Å². The van der Waals surface area contributed by atoms with E-state index in [1.54, 1.807) is 11.3 Å². The number of rotatable bonds is 5. The van der Waals surface area contributed by atoms with Crippen LogP contribution in [0.3, 0.4) is 0 Å². The van der Waals surface area contributed by atoms with Crippen LogP contribution in [-0.2, 0) is 6.54 Å². The van der Waals surface area contributed by atoms with Crippen LogP contribution < -0.4 is 5.73 Å². The summed E-state index contributed by atoms with van der Waals surface area (Å²) in [5.41, 5.74) is 5.51. The molecule has 0 unspecified atom stereocenters. The zero-order valence-electron chi connectivity index (χ0n) is 8.29. The van der Waals surface area contributed by atoms with Gasteiger partial charge in [-0.1, -0.05) is 6.92 Å². The largest absolute Gasteiger partial charge is 0.329 e. The Balaban J connectivity index is 2.46. The van der Waals surface area contributed by atoms with E-state index in [4.69, 9.17) is 5.73 Å². The van der Waals surface area contributed by atoms with E-state index in [0.29, 0.717) is 0 Å². The van der Waals surface area contributed by atoms with Gasteiger partial charge in [-0.05, 0) is 13.5 Å². The molecule has 0 aliphatic heterocycles. The summed E-state index contributed by atoms with van der Waals surface area (Å²) in [4.78, 5) is 7.88. The fourth-order valence-electron chi connectivity index (χ4n) is 1.23. The Morgan fingerprint density at radius 2 is 2.38 bits per heavy atom. The molecule has 0 bridgehead atoms. The van der Waals surface area contributed by atoms with E-state index in [2.05, 4.69) is 16.8 Å². The van der Waals surface area contributed by atoms with Crippen molar-refractivity contribution in [3.05, 3.63) is 16.1 Å². The van der Waals surface area contributed by atoms with Gasteiger partial charge in [0.25, 0.3) is 0 Å². The van der Waals surface area contributed by atoms with Gasteiger partial charge < -0.3 is 5.73 Å². The van der Waals surface area contributed by atoms with Crippen molar-refractivity contribution in [2.45, 2.75) is 20.4 Å². The number of likely N-dealkylation sites (N-methyl/N-ethyl adjacent to an activating group) is 1. The molecule has 1 rings (SSSR count). The minimum absolute atomic E-state index is 0.728. The van der Waals surface area contributed by atoms with Crippen molar-refractivity contribution in [2.75, 3.05) is 19.6 Å². The smallest absolute Gasteiger partial charge is 0.0897 e. The van der Waals surface area contributed by atoms with Crippen LogP contribution in [0.5, 0.6) is 0 Å². The van der Waals surface area contributed by atoms with Crippen LogP contribution in [0.1, 0.15) is 16.8 Å². The summed E-state index contributed by atoms with van der Waals surface area (Å²) in [6.45, 7) is 7.92. The van der Waals surface area contributed by atoms with Crippen molar-refractivity contribution in [1.29, 1.82) is 0 Å². The molecule has 0 radical (unpaired) electrons. The van der Waals surface area contributed by atoms with Crippen molar-refractivity contribution in [2.24, 2.45) is 5.73 Å². The molecule has 4 heteroatoms. The van der Waals surface area contributed by atoms with Gasteiger partial charge in [0.2, 0.25) is 0 Å². The maximum absolute atomic E-state index is 5.51. The lowest BCUT2D eigenvalue weighted by Crippen LogP contribution is -2.28. The third-order valence-corrected chi connectivity index (χ3v) is 2.84. The van der Waals surface area contributed by atoms with Crippen LogP contribution in [0.15, 0.2) is 6.20 Å². The monoisotopic (exact) mass is 199 g/mol. The Kier molecular flexibility index (Phi) is 4.35. The van der Waals surface area contributed by atoms with Crippen molar-refractivity contribution in [1.82, 2.24) is 9.88 Å².